The fraction of sp³-hybridized carbons (Fsp3) is 0.167. The highest BCUT2D eigenvalue weighted by Gasteiger charge is 2.26. The molecule has 0 aliphatic heterocycles. The van der Waals surface area contributed by atoms with E-state index in [0.717, 1.165) is 10.4 Å². The molecule has 8 heteroatoms. The number of nitriles is 1. The molecular weight excluding hydrogens is 283 g/mol. The molecule has 2 rings (SSSR count). The van der Waals surface area contributed by atoms with Crippen LogP contribution in [0.15, 0.2) is 35.5 Å². The van der Waals surface area contributed by atoms with Gasteiger partial charge in [-0.3, -0.25) is 0 Å². The lowest BCUT2D eigenvalue weighted by atomic mass is 10.2. The van der Waals surface area contributed by atoms with Crippen molar-refractivity contribution in [2.24, 2.45) is 0 Å². The second kappa shape index (κ2) is 5.40. The Bertz CT molecular complexity index is 750. The third-order valence-electron chi connectivity index (χ3n) is 2.70. The summed E-state index contributed by atoms with van der Waals surface area (Å²) in [5.41, 5.74) is -0.487. The van der Waals surface area contributed by atoms with Gasteiger partial charge >= 0.3 is 0 Å². The van der Waals surface area contributed by atoms with Crippen molar-refractivity contribution in [3.63, 3.8) is 0 Å². The van der Waals surface area contributed by atoms with Gasteiger partial charge in [0.15, 0.2) is 0 Å². The smallest absolute Gasteiger partial charge is 0.244 e. The zero-order valence-corrected chi connectivity index (χ0v) is 11.4. The summed E-state index contributed by atoms with van der Waals surface area (Å²) in [6.45, 7) is -0.00326. The highest BCUT2D eigenvalue weighted by Crippen LogP contribution is 2.21. The molecule has 6 nitrogen and oxygen atoms in total. The van der Waals surface area contributed by atoms with Crippen LogP contribution in [-0.2, 0) is 16.6 Å². The predicted molar refractivity (Wildman–Crippen MR) is 68.4 cm³/mol. The molecule has 1 aromatic carbocycles. The van der Waals surface area contributed by atoms with Crippen LogP contribution in [0, 0.1) is 17.1 Å². The van der Waals surface area contributed by atoms with Crippen LogP contribution < -0.4 is 0 Å². The van der Waals surface area contributed by atoms with E-state index < -0.39 is 21.4 Å². The Morgan fingerprint density at radius 1 is 1.50 bits per heavy atom. The first-order valence-corrected chi connectivity index (χ1v) is 7.04. The van der Waals surface area contributed by atoms with Gasteiger partial charge in [-0.05, 0) is 12.1 Å². The third-order valence-corrected chi connectivity index (χ3v) is 4.55. The molecule has 1 N–H and O–H groups in total. The summed E-state index contributed by atoms with van der Waals surface area (Å²) in [7, 11) is -2.63. The standard InChI is InChI=1S/C12H11FN4O2S/c1-17(8-12-15-5-6-16-12)20(18,19)11-4-2-3-10(13)9(11)7-14/h2-6H,8H2,1H3,(H,15,16). The van der Waals surface area contributed by atoms with Crippen molar-refractivity contribution in [3.8, 4) is 6.07 Å². The fourth-order valence-electron chi connectivity index (χ4n) is 1.68. The van der Waals surface area contributed by atoms with E-state index in [1.54, 1.807) is 12.3 Å². The molecule has 104 valence electrons. The number of sulfonamides is 1. The largest absolute Gasteiger partial charge is 0.347 e. The number of aromatic amines is 1. The van der Waals surface area contributed by atoms with Gasteiger partial charge in [0.1, 0.15) is 28.2 Å². The lowest BCUT2D eigenvalue weighted by Crippen LogP contribution is -2.27. The Kier molecular flexibility index (Phi) is 3.83. The molecule has 0 atom stereocenters. The van der Waals surface area contributed by atoms with Gasteiger partial charge in [-0.2, -0.15) is 9.57 Å². The molecule has 0 aliphatic rings. The number of hydrogen-bond donors (Lipinski definition) is 1. The molecule has 1 heterocycles. The number of halogens is 1. The maximum absolute atomic E-state index is 13.5. The molecule has 0 radical (unpaired) electrons. The van der Waals surface area contributed by atoms with Crippen LogP contribution in [-0.4, -0.2) is 29.7 Å². The second-order valence-electron chi connectivity index (χ2n) is 4.02. The second-order valence-corrected chi connectivity index (χ2v) is 6.04. The van der Waals surface area contributed by atoms with Crippen molar-refractivity contribution < 1.29 is 12.8 Å². The van der Waals surface area contributed by atoms with Crippen LogP contribution in [0.2, 0.25) is 0 Å². The SMILES string of the molecule is CN(Cc1ncc[nH]1)S(=O)(=O)c1cccc(F)c1C#N. The van der Waals surface area contributed by atoms with E-state index in [9.17, 15) is 12.8 Å². The number of hydrogen-bond acceptors (Lipinski definition) is 4. The summed E-state index contributed by atoms with van der Waals surface area (Å²) in [4.78, 5) is 6.35. The van der Waals surface area contributed by atoms with Crippen molar-refractivity contribution >= 4 is 10.0 Å². The highest BCUT2D eigenvalue weighted by molar-refractivity contribution is 7.89. The number of nitrogens with one attached hydrogen (secondary N) is 1. The Morgan fingerprint density at radius 2 is 2.25 bits per heavy atom. The lowest BCUT2D eigenvalue weighted by molar-refractivity contribution is 0.457. The maximum Gasteiger partial charge on any atom is 0.244 e. The van der Waals surface area contributed by atoms with Gasteiger partial charge in [-0.25, -0.2) is 17.8 Å². The van der Waals surface area contributed by atoms with Crippen LogP contribution in [0.5, 0.6) is 0 Å². The van der Waals surface area contributed by atoms with Crippen molar-refractivity contribution in [2.45, 2.75) is 11.4 Å². The van der Waals surface area contributed by atoms with Crippen LogP contribution in [0.4, 0.5) is 4.39 Å². The molecule has 0 saturated heterocycles. The average Bonchev–Trinajstić information content (AvgIpc) is 2.91. The summed E-state index contributed by atoms with van der Waals surface area (Å²) < 4.78 is 39.2. The minimum Gasteiger partial charge on any atom is -0.347 e. The van der Waals surface area contributed by atoms with Crippen LogP contribution in [0.1, 0.15) is 11.4 Å². The van der Waals surface area contributed by atoms with E-state index in [2.05, 4.69) is 9.97 Å². The van der Waals surface area contributed by atoms with Crippen LogP contribution >= 0.6 is 0 Å². The van der Waals surface area contributed by atoms with E-state index in [4.69, 9.17) is 5.26 Å². The number of benzene rings is 1. The molecule has 0 spiro atoms. The number of H-pyrrole nitrogens is 1. The Balaban J connectivity index is 2.41. The van der Waals surface area contributed by atoms with Crippen LogP contribution in [0.3, 0.4) is 0 Å². The summed E-state index contributed by atoms with van der Waals surface area (Å²) in [5.74, 6) is -0.411. The minimum atomic E-state index is -3.97. The van der Waals surface area contributed by atoms with Gasteiger partial charge in [-0.1, -0.05) is 6.07 Å². The van der Waals surface area contributed by atoms with Gasteiger partial charge in [0.05, 0.1) is 6.54 Å². The molecule has 0 aliphatic carbocycles. The fourth-order valence-corrected chi connectivity index (χ4v) is 2.96. The monoisotopic (exact) mass is 294 g/mol. The molecular formula is C12H11FN4O2S. The first-order valence-electron chi connectivity index (χ1n) is 5.60. The van der Waals surface area contributed by atoms with Crippen LogP contribution in [0.25, 0.3) is 0 Å². The van der Waals surface area contributed by atoms with Gasteiger partial charge in [-0.15, -0.1) is 0 Å². The molecule has 0 amide bonds. The van der Waals surface area contributed by atoms with Crippen molar-refractivity contribution in [1.82, 2.24) is 14.3 Å². The number of aromatic nitrogens is 2. The van der Waals surface area contributed by atoms with Crippen molar-refractivity contribution in [1.29, 1.82) is 5.26 Å². The number of nitrogens with zero attached hydrogens (tertiary/aromatic N) is 3. The van der Waals surface area contributed by atoms with E-state index in [1.165, 1.54) is 25.4 Å². The average molecular weight is 294 g/mol. The molecule has 0 bridgehead atoms. The summed E-state index contributed by atoms with van der Waals surface area (Å²) in [5, 5.41) is 8.91. The zero-order chi connectivity index (χ0) is 14.8. The molecule has 2 aromatic rings. The van der Waals surface area contributed by atoms with Gasteiger partial charge in [0.2, 0.25) is 10.0 Å². The normalized spacial score (nSPS) is 11.5. The van der Waals surface area contributed by atoms with E-state index >= 15 is 0 Å². The zero-order valence-electron chi connectivity index (χ0n) is 10.5. The first kappa shape index (κ1) is 14.2. The summed E-state index contributed by atoms with van der Waals surface area (Å²) in [6, 6.07) is 5.08. The summed E-state index contributed by atoms with van der Waals surface area (Å²) >= 11 is 0. The third kappa shape index (κ3) is 2.54. The van der Waals surface area contributed by atoms with Crippen molar-refractivity contribution in [3.05, 3.63) is 47.8 Å². The van der Waals surface area contributed by atoms with Gasteiger partial charge < -0.3 is 4.98 Å². The molecule has 0 saturated carbocycles. The summed E-state index contributed by atoms with van der Waals surface area (Å²) in [6.07, 6.45) is 3.07. The van der Waals surface area contributed by atoms with E-state index in [1.807, 2.05) is 0 Å². The predicted octanol–water partition coefficient (Wildman–Crippen LogP) is 1.24. The maximum atomic E-state index is 13.5. The Hall–Kier alpha value is -2.24. The molecule has 0 fully saturated rings. The van der Waals surface area contributed by atoms with Gasteiger partial charge in [0, 0.05) is 19.4 Å². The lowest BCUT2D eigenvalue weighted by Gasteiger charge is -2.16. The minimum absolute atomic E-state index is 0.00326. The quantitative estimate of drug-likeness (QED) is 0.918. The Morgan fingerprint density at radius 3 is 2.85 bits per heavy atom. The number of imidazole rings is 1. The molecule has 20 heavy (non-hydrogen) atoms. The van der Waals surface area contributed by atoms with E-state index in [0.29, 0.717) is 5.82 Å². The Labute approximate surface area is 115 Å². The molecule has 1 aromatic heterocycles. The van der Waals surface area contributed by atoms with Crippen molar-refractivity contribution in [2.75, 3.05) is 7.05 Å². The van der Waals surface area contributed by atoms with Gasteiger partial charge in [0.25, 0.3) is 0 Å². The first-order chi connectivity index (χ1) is 9.46. The highest BCUT2D eigenvalue weighted by atomic mass is 32.2. The van der Waals surface area contributed by atoms with E-state index in [-0.39, 0.29) is 11.4 Å². The topological polar surface area (TPSA) is 89.8 Å². The molecule has 0 unspecified atom stereocenters. The number of rotatable bonds is 4.